The van der Waals surface area contributed by atoms with E-state index in [1.54, 1.807) is 0 Å². The van der Waals surface area contributed by atoms with Gasteiger partial charge in [-0.1, -0.05) is 0 Å². The Morgan fingerprint density at radius 2 is 1.85 bits per heavy atom. The predicted molar refractivity (Wildman–Crippen MR) is 88.2 cm³/mol. The van der Waals surface area contributed by atoms with Crippen LogP contribution in [0.1, 0.15) is 5.56 Å². The van der Waals surface area contributed by atoms with Gasteiger partial charge < -0.3 is 39.4 Å². The van der Waals surface area contributed by atoms with E-state index in [2.05, 4.69) is 0 Å². The van der Waals surface area contributed by atoms with Crippen molar-refractivity contribution in [3.63, 3.8) is 0 Å². The van der Waals surface area contributed by atoms with E-state index in [1.807, 2.05) is 0 Å². The molecule has 2 heterocycles. The molecule has 1 aromatic heterocycles. The number of ether oxygens (including phenoxy) is 2. The standard InChI is InChI=1S/C17H18O10/c18-6-11-14(22)15(23)16(24)17(27-11)25-8-1-2-9-7(3-12(19)20)4-13(21)26-10(9)5-8/h1-2,4-5,11,14-18,22-24H,3,6H2,(H,19,20)/t11?,14-,15?,16?,17+/m0/s1. The van der Waals surface area contributed by atoms with Gasteiger partial charge in [0.05, 0.1) is 13.0 Å². The zero-order chi connectivity index (χ0) is 19.7. The van der Waals surface area contributed by atoms with Crippen LogP contribution in [0.25, 0.3) is 11.0 Å². The molecule has 0 saturated carbocycles. The van der Waals surface area contributed by atoms with Gasteiger partial charge in [-0.2, -0.15) is 0 Å². The van der Waals surface area contributed by atoms with Crippen LogP contribution in [0.3, 0.4) is 0 Å². The first-order valence-electron chi connectivity index (χ1n) is 8.06. The lowest BCUT2D eigenvalue weighted by molar-refractivity contribution is -0.277. The Labute approximate surface area is 151 Å². The highest BCUT2D eigenvalue weighted by molar-refractivity contribution is 5.85. The van der Waals surface area contributed by atoms with E-state index in [0.29, 0.717) is 5.39 Å². The second kappa shape index (κ2) is 7.62. The number of aliphatic hydroxyl groups is 4. The number of fused-ring (bicyclic) bond motifs is 1. The molecule has 27 heavy (non-hydrogen) atoms. The second-order valence-corrected chi connectivity index (χ2v) is 6.13. The van der Waals surface area contributed by atoms with Crippen molar-refractivity contribution >= 4 is 16.9 Å². The third-order valence-electron chi connectivity index (χ3n) is 4.24. The maximum absolute atomic E-state index is 11.6. The summed E-state index contributed by atoms with van der Waals surface area (Å²) in [5, 5.41) is 48.1. The van der Waals surface area contributed by atoms with Crippen molar-refractivity contribution in [1.29, 1.82) is 0 Å². The molecule has 0 aliphatic carbocycles. The first-order chi connectivity index (χ1) is 12.8. The zero-order valence-electron chi connectivity index (χ0n) is 13.9. The third-order valence-corrected chi connectivity index (χ3v) is 4.24. The third kappa shape index (κ3) is 3.94. The van der Waals surface area contributed by atoms with E-state index < -0.39 is 48.9 Å². The topological polar surface area (TPSA) is 167 Å². The average Bonchev–Trinajstić information content (AvgIpc) is 2.61. The van der Waals surface area contributed by atoms with Crippen molar-refractivity contribution in [2.75, 3.05) is 6.61 Å². The van der Waals surface area contributed by atoms with Gasteiger partial charge in [-0.3, -0.25) is 4.79 Å². The van der Waals surface area contributed by atoms with Crippen molar-refractivity contribution in [3.05, 3.63) is 40.2 Å². The van der Waals surface area contributed by atoms with Crippen LogP contribution < -0.4 is 10.4 Å². The lowest BCUT2D eigenvalue weighted by Crippen LogP contribution is -2.60. The highest BCUT2D eigenvalue weighted by atomic mass is 16.7. The molecule has 5 atom stereocenters. The number of aliphatic carboxylic acids is 1. The Morgan fingerprint density at radius 3 is 2.52 bits per heavy atom. The minimum absolute atomic E-state index is 0.0702. The van der Waals surface area contributed by atoms with Gasteiger partial charge in [0.25, 0.3) is 0 Å². The van der Waals surface area contributed by atoms with Crippen molar-refractivity contribution in [2.45, 2.75) is 37.1 Å². The monoisotopic (exact) mass is 382 g/mol. The van der Waals surface area contributed by atoms with Gasteiger partial charge in [0.15, 0.2) is 0 Å². The van der Waals surface area contributed by atoms with Crippen molar-refractivity contribution in [2.24, 2.45) is 0 Å². The lowest BCUT2D eigenvalue weighted by atomic mass is 9.99. The summed E-state index contributed by atoms with van der Waals surface area (Å²) in [5.74, 6) is -1.01. The van der Waals surface area contributed by atoms with Gasteiger partial charge in [0, 0.05) is 17.5 Å². The Hall–Kier alpha value is -2.50. The van der Waals surface area contributed by atoms with E-state index in [4.69, 9.17) is 19.0 Å². The molecular weight excluding hydrogens is 364 g/mol. The van der Waals surface area contributed by atoms with Crippen molar-refractivity contribution in [3.8, 4) is 5.75 Å². The minimum atomic E-state index is -1.60. The molecule has 1 fully saturated rings. The van der Waals surface area contributed by atoms with Gasteiger partial charge in [-0.05, 0) is 17.7 Å². The highest BCUT2D eigenvalue weighted by Crippen LogP contribution is 2.27. The van der Waals surface area contributed by atoms with E-state index in [9.17, 15) is 30.0 Å². The minimum Gasteiger partial charge on any atom is -0.481 e. The Bertz CT molecular complexity index is 889. The summed E-state index contributed by atoms with van der Waals surface area (Å²) >= 11 is 0. The SMILES string of the molecule is O=C(O)Cc1cc(=O)oc2cc(O[C@@H]3OC(CO)[C@H](O)C(O)C3O)ccc12. The van der Waals surface area contributed by atoms with Crippen LogP contribution in [0.5, 0.6) is 5.75 Å². The zero-order valence-corrected chi connectivity index (χ0v) is 13.9. The quantitative estimate of drug-likeness (QED) is 0.388. The molecule has 3 rings (SSSR count). The first-order valence-corrected chi connectivity index (χ1v) is 8.06. The normalized spacial score (nSPS) is 28.2. The number of aliphatic hydroxyl groups excluding tert-OH is 4. The molecule has 1 saturated heterocycles. The van der Waals surface area contributed by atoms with Crippen LogP contribution in [0.4, 0.5) is 0 Å². The maximum Gasteiger partial charge on any atom is 0.336 e. The fraction of sp³-hybridized carbons (Fsp3) is 0.412. The van der Waals surface area contributed by atoms with Crippen LogP contribution >= 0.6 is 0 Å². The number of hydrogen-bond donors (Lipinski definition) is 5. The van der Waals surface area contributed by atoms with Crippen LogP contribution in [0.2, 0.25) is 0 Å². The molecule has 10 nitrogen and oxygen atoms in total. The smallest absolute Gasteiger partial charge is 0.336 e. The number of hydrogen-bond acceptors (Lipinski definition) is 9. The summed E-state index contributed by atoms with van der Waals surface area (Å²) in [6, 6.07) is 5.32. The molecule has 2 aromatic rings. The predicted octanol–water partition coefficient (Wildman–Crippen LogP) is -1.40. The lowest BCUT2D eigenvalue weighted by Gasteiger charge is -2.39. The van der Waals surface area contributed by atoms with E-state index in [0.717, 1.165) is 6.07 Å². The molecule has 0 radical (unpaired) electrons. The molecule has 3 unspecified atom stereocenters. The summed E-state index contributed by atoms with van der Waals surface area (Å²) in [6.45, 7) is -0.601. The molecule has 1 aromatic carbocycles. The van der Waals surface area contributed by atoms with Crippen LogP contribution in [0.15, 0.2) is 33.5 Å². The van der Waals surface area contributed by atoms with Gasteiger partial charge >= 0.3 is 11.6 Å². The number of carboxylic acids is 1. The molecule has 10 heteroatoms. The summed E-state index contributed by atoms with van der Waals surface area (Å²) in [4.78, 5) is 22.6. The maximum atomic E-state index is 11.6. The van der Waals surface area contributed by atoms with Crippen LogP contribution in [-0.2, 0) is 16.0 Å². The number of carboxylic acid groups (broad SMARTS) is 1. The summed E-state index contributed by atoms with van der Waals surface area (Å²) < 4.78 is 15.8. The summed E-state index contributed by atoms with van der Waals surface area (Å²) in [5.41, 5.74) is -0.391. The van der Waals surface area contributed by atoms with Crippen LogP contribution in [0, 0.1) is 0 Å². The molecule has 5 N–H and O–H groups in total. The van der Waals surface area contributed by atoms with E-state index >= 15 is 0 Å². The van der Waals surface area contributed by atoms with E-state index in [-0.39, 0.29) is 23.3 Å². The fourth-order valence-corrected chi connectivity index (χ4v) is 2.89. The molecule has 0 bridgehead atoms. The van der Waals surface area contributed by atoms with E-state index in [1.165, 1.54) is 18.2 Å². The van der Waals surface area contributed by atoms with Crippen molar-refractivity contribution < 1.29 is 44.2 Å². The van der Waals surface area contributed by atoms with Gasteiger partial charge in [-0.25, -0.2) is 4.79 Å². The fourth-order valence-electron chi connectivity index (χ4n) is 2.89. The number of rotatable bonds is 5. The van der Waals surface area contributed by atoms with Crippen molar-refractivity contribution in [1.82, 2.24) is 0 Å². The van der Waals surface area contributed by atoms with Gasteiger partial charge in [0.1, 0.15) is 35.7 Å². The molecule has 146 valence electrons. The number of carbonyl (C=O) groups is 1. The van der Waals surface area contributed by atoms with Gasteiger partial charge in [-0.15, -0.1) is 0 Å². The number of benzene rings is 1. The second-order valence-electron chi connectivity index (χ2n) is 6.13. The Kier molecular flexibility index (Phi) is 5.44. The molecule has 0 spiro atoms. The van der Waals surface area contributed by atoms with Crippen LogP contribution in [-0.4, -0.2) is 68.8 Å². The average molecular weight is 382 g/mol. The molecule has 1 aliphatic rings. The van der Waals surface area contributed by atoms with Gasteiger partial charge in [0.2, 0.25) is 6.29 Å². The highest BCUT2D eigenvalue weighted by Gasteiger charge is 2.44. The molecule has 0 amide bonds. The largest absolute Gasteiger partial charge is 0.481 e. The summed E-state index contributed by atoms with van der Waals surface area (Å²) in [7, 11) is 0. The molecular formula is C17H18O10. The Morgan fingerprint density at radius 1 is 1.11 bits per heavy atom. The molecule has 1 aliphatic heterocycles. The summed E-state index contributed by atoms with van der Waals surface area (Å²) in [6.07, 6.45) is -7.60. The Balaban J connectivity index is 1.89. The first kappa shape index (κ1) is 19.3.